The monoisotopic (exact) mass is 454 g/mol. The molecule has 0 bridgehead atoms. The van der Waals surface area contributed by atoms with Crippen LogP contribution in [-0.2, 0) is 25.8 Å². The summed E-state index contributed by atoms with van der Waals surface area (Å²) in [5.74, 6) is 0. The molecule has 1 amide bonds. The van der Waals surface area contributed by atoms with Crippen LogP contribution in [0.3, 0.4) is 0 Å². The Kier molecular flexibility index (Phi) is 6.28. The third-order valence-electron chi connectivity index (χ3n) is 6.10. The first-order valence-corrected chi connectivity index (χ1v) is 12.0. The van der Waals surface area contributed by atoms with E-state index in [0.29, 0.717) is 11.5 Å². The number of carbonyl (C=O) groups excluding carboxylic acids is 1. The number of para-hydroxylation sites is 1. The Balaban J connectivity index is 1.64. The predicted octanol–water partition coefficient (Wildman–Crippen LogP) is 3.30. The van der Waals surface area contributed by atoms with Gasteiger partial charge in [-0.2, -0.15) is 0 Å². The standard InChI is InChI=1S/C24H26N2O5S/c1-18-14-20(22-4-2-3-5-23(22)25-18)15-19-6-8-21(9-7-19)32(29,30)24(16-26(28)17-27)10-12-31-13-11-24/h2-9,14,17,28H,10-13,15-16H2,1H3. The normalized spacial score (nSPS) is 16.1. The number of carbonyl (C=O) groups is 1. The Morgan fingerprint density at radius 1 is 1.12 bits per heavy atom. The van der Waals surface area contributed by atoms with Gasteiger partial charge in [-0.1, -0.05) is 30.3 Å². The van der Waals surface area contributed by atoms with Gasteiger partial charge in [-0.15, -0.1) is 0 Å². The van der Waals surface area contributed by atoms with Crippen molar-refractivity contribution in [3.8, 4) is 0 Å². The average molecular weight is 455 g/mol. The molecule has 0 saturated carbocycles. The maximum absolute atomic E-state index is 13.5. The van der Waals surface area contributed by atoms with E-state index >= 15 is 0 Å². The molecule has 0 aliphatic carbocycles. The van der Waals surface area contributed by atoms with Crippen LogP contribution < -0.4 is 0 Å². The van der Waals surface area contributed by atoms with E-state index in [1.165, 1.54) is 0 Å². The molecule has 0 spiro atoms. The highest BCUT2D eigenvalue weighted by Gasteiger charge is 2.47. The lowest BCUT2D eigenvalue weighted by Crippen LogP contribution is -2.51. The second-order valence-electron chi connectivity index (χ2n) is 8.26. The molecule has 1 fully saturated rings. The molecule has 0 unspecified atom stereocenters. The van der Waals surface area contributed by atoms with Gasteiger partial charge in [-0.3, -0.25) is 15.0 Å². The third-order valence-corrected chi connectivity index (χ3v) is 8.67. The topological polar surface area (TPSA) is 96.8 Å². The number of hydrogen-bond acceptors (Lipinski definition) is 6. The summed E-state index contributed by atoms with van der Waals surface area (Å²) in [6, 6.07) is 16.9. The van der Waals surface area contributed by atoms with E-state index in [1.807, 2.05) is 43.3 Å². The van der Waals surface area contributed by atoms with Crippen LogP contribution in [0.25, 0.3) is 10.9 Å². The first-order chi connectivity index (χ1) is 15.3. The Hall–Kier alpha value is -2.81. The van der Waals surface area contributed by atoms with Crippen LogP contribution in [0.5, 0.6) is 0 Å². The van der Waals surface area contributed by atoms with Crippen LogP contribution >= 0.6 is 0 Å². The van der Waals surface area contributed by atoms with Crippen molar-refractivity contribution in [2.24, 2.45) is 0 Å². The number of hydroxylamine groups is 2. The van der Waals surface area contributed by atoms with Gasteiger partial charge in [0.25, 0.3) is 0 Å². The Bertz CT molecular complexity index is 1220. The molecule has 1 aliphatic heterocycles. The highest BCUT2D eigenvalue weighted by molar-refractivity contribution is 7.92. The minimum absolute atomic E-state index is 0.179. The number of nitrogens with zero attached hydrogens (tertiary/aromatic N) is 2. The number of ether oxygens (including phenoxy) is 1. The lowest BCUT2D eigenvalue weighted by molar-refractivity contribution is -0.152. The maximum atomic E-state index is 13.5. The van der Waals surface area contributed by atoms with Crippen molar-refractivity contribution >= 4 is 27.2 Å². The fraction of sp³-hybridized carbons (Fsp3) is 0.333. The van der Waals surface area contributed by atoms with Crippen molar-refractivity contribution in [1.82, 2.24) is 10.0 Å². The lowest BCUT2D eigenvalue weighted by atomic mass is 9.99. The highest BCUT2D eigenvalue weighted by Crippen LogP contribution is 2.35. The summed E-state index contributed by atoms with van der Waals surface area (Å²) >= 11 is 0. The second kappa shape index (κ2) is 8.97. The van der Waals surface area contributed by atoms with Crippen LogP contribution in [-0.4, -0.2) is 54.6 Å². The number of aryl methyl sites for hydroxylation is 1. The molecule has 0 atom stereocenters. The molecular weight excluding hydrogens is 428 g/mol. The Labute approximate surface area is 187 Å². The van der Waals surface area contributed by atoms with Gasteiger partial charge in [0.2, 0.25) is 6.41 Å². The van der Waals surface area contributed by atoms with Crippen molar-refractivity contribution in [3.63, 3.8) is 0 Å². The number of benzene rings is 2. The van der Waals surface area contributed by atoms with Crippen molar-refractivity contribution in [1.29, 1.82) is 0 Å². The zero-order valence-electron chi connectivity index (χ0n) is 17.9. The molecule has 1 N–H and O–H groups in total. The molecule has 3 aromatic rings. The zero-order chi connectivity index (χ0) is 22.8. The summed E-state index contributed by atoms with van der Waals surface area (Å²) in [5.41, 5.74) is 3.99. The number of amides is 1. The van der Waals surface area contributed by atoms with E-state index in [9.17, 15) is 18.4 Å². The number of fused-ring (bicyclic) bond motifs is 1. The number of aromatic nitrogens is 1. The first kappa shape index (κ1) is 22.4. The highest BCUT2D eigenvalue weighted by atomic mass is 32.2. The van der Waals surface area contributed by atoms with Gasteiger partial charge in [0.1, 0.15) is 4.75 Å². The number of sulfone groups is 1. The van der Waals surface area contributed by atoms with Crippen LogP contribution in [0.2, 0.25) is 0 Å². The van der Waals surface area contributed by atoms with Crippen LogP contribution in [0.15, 0.2) is 59.5 Å². The van der Waals surface area contributed by atoms with E-state index < -0.39 is 14.6 Å². The third kappa shape index (κ3) is 4.26. The Morgan fingerprint density at radius 3 is 2.50 bits per heavy atom. The summed E-state index contributed by atoms with van der Waals surface area (Å²) in [5, 5.41) is 11.2. The molecule has 1 aliphatic rings. The van der Waals surface area contributed by atoms with E-state index in [4.69, 9.17) is 4.74 Å². The number of pyridine rings is 1. The van der Waals surface area contributed by atoms with Crippen LogP contribution in [0.4, 0.5) is 0 Å². The summed E-state index contributed by atoms with van der Waals surface area (Å²) in [7, 11) is -3.81. The quantitative estimate of drug-likeness (QED) is 0.334. The molecular formula is C24H26N2O5S. The molecule has 2 heterocycles. The van der Waals surface area contributed by atoms with Gasteiger partial charge in [0.05, 0.1) is 17.0 Å². The molecule has 168 valence electrons. The first-order valence-electron chi connectivity index (χ1n) is 10.5. The van der Waals surface area contributed by atoms with Crippen molar-refractivity contribution in [3.05, 3.63) is 71.4 Å². The van der Waals surface area contributed by atoms with Crippen molar-refractivity contribution in [2.75, 3.05) is 19.8 Å². The lowest BCUT2D eigenvalue weighted by Gasteiger charge is -2.37. The van der Waals surface area contributed by atoms with Crippen LogP contribution in [0.1, 0.15) is 29.7 Å². The van der Waals surface area contributed by atoms with Crippen LogP contribution in [0, 0.1) is 6.92 Å². The minimum atomic E-state index is -3.81. The fourth-order valence-corrected chi connectivity index (χ4v) is 6.39. The molecule has 1 aromatic heterocycles. The van der Waals surface area contributed by atoms with Gasteiger partial charge in [-0.25, -0.2) is 13.5 Å². The molecule has 2 aromatic carbocycles. The van der Waals surface area contributed by atoms with Gasteiger partial charge in [0.15, 0.2) is 9.84 Å². The predicted molar refractivity (Wildman–Crippen MR) is 120 cm³/mol. The van der Waals surface area contributed by atoms with Gasteiger partial charge < -0.3 is 4.74 Å². The van der Waals surface area contributed by atoms with Crippen molar-refractivity contribution < 1.29 is 23.2 Å². The second-order valence-corrected chi connectivity index (χ2v) is 10.6. The molecule has 4 rings (SSSR count). The number of rotatable bonds is 7. The van der Waals surface area contributed by atoms with E-state index in [-0.39, 0.29) is 43.9 Å². The van der Waals surface area contributed by atoms with E-state index in [0.717, 1.165) is 27.7 Å². The molecule has 0 radical (unpaired) electrons. The van der Waals surface area contributed by atoms with Gasteiger partial charge in [-0.05, 0) is 61.6 Å². The summed E-state index contributed by atoms with van der Waals surface area (Å²) in [4.78, 5) is 15.7. The molecule has 7 nitrogen and oxygen atoms in total. The summed E-state index contributed by atoms with van der Waals surface area (Å²) < 4.78 is 31.1. The van der Waals surface area contributed by atoms with E-state index in [2.05, 4.69) is 11.1 Å². The van der Waals surface area contributed by atoms with Gasteiger partial charge >= 0.3 is 0 Å². The minimum Gasteiger partial charge on any atom is -0.381 e. The smallest absolute Gasteiger partial charge is 0.233 e. The maximum Gasteiger partial charge on any atom is 0.233 e. The molecule has 8 heteroatoms. The average Bonchev–Trinajstić information content (AvgIpc) is 2.80. The van der Waals surface area contributed by atoms with E-state index in [1.54, 1.807) is 12.1 Å². The summed E-state index contributed by atoms with van der Waals surface area (Å²) in [6.07, 6.45) is 1.31. The zero-order valence-corrected chi connectivity index (χ0v) is 18.7. The van der Waals surface area contributed by atoms with Crippen molar-refractivity contribution in [2.45, 2.75) is 35.8 Å². The SMILES string of the molecule is Cc1cc(Cc2ccc(S(=O)(=O)C3(CN(O)C=O)CCOCC3)cc2)c2ccccc2n1. The fourth-order valence-electron chi connectivity index (χ4n) is 4.39. The molecule has 1 saturated heterocycles. The molecule has 32 heavy (non-hydrogen) atoms. The van der Waals surface area contributed by atoms with Gasteiger partial charge in [0, 0.05) is 24.3 Å². The Morgan fingerprint density at radius 2 is 1.81 bits per heavy atom. The number of hydrogen-bond donors (Lipinski definition) is 1. The largest absolute Gasteiger partial charge is 0.381 e. The summed E-state index contributed by atoms with van der Waals surface area (Å²) in [6.45, 7) is 2.20.